The molecule has 0 bridgehead atoms. The van der Waals surface area contributed by atoms with Gasteiger partial charge in [0.25, 0.3) is 0 Å². The van der Waals surface area contributed by atoms with Crippen LogP contribution in [-0.2, 0) is 4.79 Å². The van der Waals surface area contributed by atoms with E-state index in [4.69, 9.17) is 5.26 Å². The molecule has 0 aliphatic carbocycles. The van der Waals surface area contributed by atoms with Crippen LogP contribution in [0.15, 0.2) is 0 Å². The van der Waals surface area contributed by atoms with Crippen LogP contribution in [0.2, 0.25) is 0 Å². The minimum Gasteiger partial charge on any atom is -0.324 e. The molecule has 4 nitrogen and oxygen atoms in total. The zero-order valence-corrected chi connectivity index (χ0v) is 8.79. The van der Waals surface area contributed by atoms with Gasteiger partial charge in [0.2, 0.25) is 5.91 Å². The van der Waals surface area contributed by atoms with Crippen molar-refractivity contribution >= 4 is 5.91 Å². The lowest BCUT2D eigenvalue weighted by Crippen LogP contribution is -2.54. The van der Waals surface area contributed by atoms with Crippen molar-refractivity contribution in [2.75, 3.05) is 19.6 Å². The van der Waals surface area contributed by atoms with Gasteiger partial charge in [0.15, 0.2) is 0 Å². The van der Waals surface area contributed by atoms with Gasteiger partial charge in [0.05, 0.1) is 6.07 Å². The third kappa shape index (κ3) is 2.24. The van der Waals surface area contributed by atoms with E-state index in [1.165, 1.54) is 0 Å². The van der Waals surface area contributed by atoms with Crippen molar-refractivity contribution in [2.24, 2.45) is 5.92 Å². The molecule has 1 N–H and O–H groups in total. The molecule has 0 aromatic rings. The van der Waals surface area contributed by atoms with Crippen LogP contribution in [0.5, 0.6) is 0 Å². The number of nitrogens with one attached hydrogen (secondary N) is 1. The molecule has 14 heavy (non-hydrogen) atoms. The standard InChI is InChI=1S/C10H17N3O/c1-3-8(2)10(14)13-5-4-12-7-9(13)6-11/h8-9,12H,3-5,7H2,1-2H3. The van der Waals surface area contributed by atoms with Crippen LogP contribution < -0.4 is 5.32 Å². The molecule has 2 unspecified atom stereocenters. The monoisotopic (exact) mass is 195 g/mol. The number of amides is 1. The number of hydrogen-bond acceptors (Lipinski definition) is 3. The van der Waals surface area contributed by atoms with E-state index in [0.717, 1.165) is 13.0 Å². The fourth-order valence-corrected chi connectivity index (χ4v) is 1.54. The molecule has 1 heterocycles. The van der Waals surface area contributed by atoms with Crippen molar-refractivity contribution in [1.29, 1.82) is 5.26 Å². The number of hydrogen-bond donors (Lipinski definition) is 1. The third-order valence-electron chi connectivity index (χ3n) is 2.71. The minimum atomic E-state index is -0.287. The largest absolute Gasteiger partial charge is 0.324 e. The number of carbonyl (C=O) groups is 1. The van der Waals surface area contributed by atoms with E-state index in [1.54, 1.807) is 4.90 Å². The van der Waals surface area contributed by atoms with Crippen LogP contribution >= 0.6 is 0 Å². The Morgan fingerprint density at radius 1 is 1.79 bits per heavy atom. The van der Waals surface area contributed by atoms with E-state index in [0.29, 0.717) is 13.1 Å². The first kappa shape index (κ1) is 11.0. The van der Waals surface area contributed by atoms with Crippen molar-refractivity contribution in [3.8, 4) is 6.07 Å². The van der Waals surface area contributed by atoms with E-state index in [1.807, 2.05) is 13.8 Å². The predicted octanol–water partition coefficient (Wildman–Crippen LogP) is 0.356. The molecule has 0 aromatic heterocycles. The van der Waals surface area contributed by atoms with E-state index in [-0.39, 0.29) is 17.9 Å². The van der Waals surface area contributed by atoms with E-state index < -0.39 is 0 Å². The normalized spacial score (nSPS) is 24.1. The van der Waals surface area contributed by atoms with Crippen LogP contribution in [0, 0.1) is 17.2 Å². The maximum absolute atomic E-state index is 11.8. The van der Waals surface area contributed by atoms with Gasteiger partial charge < -0.3 is 10.2 Å². The summed E-state index contributed by atoms with van der Waals surface area (Å²) in [4.78, 5) is 13.5. The van der Waals surface area contributed by atoms with Gasteiger partial charge in [0.1, 0.15) is 6.04 Å². The minimum absolute atomic E-state index is 0.0314. The summed E-state index contributed by atoms with van der Waals surface area (Å²) < 4.78 is 0. The number of nitrogens with zero attached hydrogens (tertiary/aromatic N) is 2. The Morgan fingerprint density at radius 3 is 3.07 bits per heavy atom. The molecule has 1 rings (SSSR count). The summed E-state index contributed by atoms with van der Waals surface area (Å²) in [5.41, 5.74) is 0. The fourth-order valence-electron chi connectivity index (χ4n) is 1.54. The summed E-state index contributed by atoms with van der Waals surface area (Å²) in [6.07, 6.45) is 0.834. The molecule has 0 spiro atoms. The Labute approximate surface area is 84.9 Å². The Bertz CT molecular complexity index is 246. The van der Waals surface area contributed by atoms with Crippen molar-refractivity contribution in [1.82, 2.24) is 10.2 Å². The molecular formula is C10H17N3O. The van der Waals surface area contributed by atoms with Gasteiger partial charge in [0, 0.05) is 25.6 Å². The SMILES string of the molecule is CCC(C)C(=O)N1CCNCC1C#N. The first-order valence-corrected chi connectivity index (χ1v) is 5.11. The number of carbonyl (C=O) groups excluding carboxylic acids is 1. The molecule has 1 amide bonds. The molecule has 4 heteroatoms. The topological polar surface area (TPSA) is 56.1 Å². The molecule has 0 saturated carbocycles. The van der Waals surface area contributed by atoms with Gasteiger partial charge in [-0.2, -0.15) is 5.26 Å². The van der Waals surface area contributed by atoms with Gasteiger partial charge >= 0.3 is 0 Å². The summed E-state index contributed by atoms with van der Waals surface area (Å²) in [5, 5.41) is 12.0. The van der Waals surface area contributed by atoms with Crippen molar-refractivity contribution in [2.45, 2.75) is 26.3 Å². The number of piperazine rings is 1. The second kappa shape index (κ2) is 4.97. The molecule has 0 aromatic carbocycles. The van der Waals surface area contributed by atoms with E-state index >= 15 is 0 Å². The maximum Gasteiger partial charge on any atom is 0.226 e. The Morgan fingerprint density at radius 2 is 2.50 bits per heavy atom. The molecule has 1 aliphatic rings. The van der Waals surface area contributed by atoms with Crippen LogP contribution in [0.3, 0.4) is 0 Å². The molecule has 1 fully saturated rings. The van der Waals surface area contributed by atoms with Crippen LogP contribution in [0.25, 0.3) is 0 Å². The average molecular weight is 195 g/mol. The van der Waals surface area contributed by atoms with Crippen molar-refractivity contribution < 1.29 is 4.79 Å². The van der Waals surface area contributed by atoms with Gasteiger partial charge in [-0.15, -0.1) is 0 Å². The first-order chi connectivity index (χ1) is 6.70. The summed E-state index contributed by atoms with van der Waals surface area (Å²) in [6, 6.07) is 1.87. The van der Waals surface area contributed by atoms with Crippen LogP contribution in [0.1, 0.15) is 20.3 Å². The summed E-state index contributed by atoms with van der Waals surface area (Å²) >= 11 is 0. The van der Waals surface area contributed by atoms with Crippen LogP contribution in [0.4, 0.5) is 0 Å². The first-order valence-electron chi connectivity index (χ1n) is 5.11. The highest BCUT2D eigenvalue weighted by Crippen LogP contribution is 2.11. The van der Waals surface area contributed by atoms with Crippen molar-refractivity contribution in [3.63, 3.8) is 0 Å². The maximum atomic E-state index is 11.8. The molecule has 1 aliphatic heterocycles. The fraction of sp³-hybridized carbons (Fsp3) is 0.800. The Balaban J connectivity index is 2.64. The number of rotatable bonds is 2. The van der Waals surface area contributed by atoms with E-state index in [9.17, 15) is 4.79 Å². The van der Waals surface area contributed by atoms with Gasteiger partial charge in [-0.25, -0.2) is 0 Å². The molecule has 1 saturated heterocycles. The second-order valence-corrected chi connectivity index (χ2v) is 3.69. The van der Waals surface area contributed by atoms with Gasteiger partial charge in [-0.1, -0.05) is 13.8 Å². The predicted molar refractivity (Wildman–Crippen MR) is 53.4 cm³/mol. The zero-order chi connectivity index (χ0) is 10.6. The lowest BCUT2D eigenvalue weighted by Gasteiger charge is -2.33. The highest BCUT2D eigenvalue weighted by atomic mass is 16.2. The van der Waals surface area contributed by atoms with E-state index in [2.05, 4.69) is 11.4 Å². The zero-order valence-electron chi connectivity index (χ0n) is 8.79. The summed E-state index contributed by atoms with van der Waals surface area (Å²) in [6.45, 7) is 5.95. The molecule has 78 valence electrons. The Hall–Kier alpha value is -1.08. The second-order valence-electron chi connectivity index (χ2n) is 3.69. The summed E-state index contributed by atoms with van der Waals surface area (Å²) in [5.74, 6) is 0.143. The smallest absolute Gasteiger partial charge is 0.226 e. The molecular weight excluding hydrogens is 178 g/mol. The Kier molecular flexibility index (Phi) is 3.90. The van der Waals surface area contributed by atoms with Gasteiger partial charge in [-0.3, -0.25) is 4.79 Å². The quantitative estimate of drug-likeness (QED) is 0.692. The number of nitriles is 1. The van der Waals surface area contributed by atoms with Crippen LogP contribution in [-0.4, -0.2) is 36.5 Å². The lowest BCUT2D eigenvalue weighted by atomic mass is 10.1. The average Bonchev–Trinajstić information content (AvgIpc) is 2.26. The third-order valence-corrected chi connectivity index (χ3v) is 2.71. The summed E-state index contributed by atoms with van der Waals surface area (Å²) in [7, 11) is 0. The molecule has 2 atom stereocenters. The van der Waals surface area contributed by atoms with Gasteiger partial charge in [-0.05, 0) is 6.42 Å². The van der Waals surface area contributed by atoms with Crippen molar-refractivity contribution in [3.05, 3.63) is 0 Å². The lowest BCUT2D eigenvalue weighted by molar-refractivity contribution is -0.137. The highest BCUT2D eigenvalue weighted by Gasteiger charge is 2.28. The molecule has 0 radical (unpaired) electrons. The highest BCUT2D eigenvalue weighted by molar-refractivity contribution is 5.79.